The summed E-state index contributed by atoms with van der Waals surface area (Å²) in [4.78, 5) is 18.3. The molecule has 1 amide bonds. The van der Waals surface area contributed by atoms with Crippen LogP contribution in [0.1, 0.15) is 42.6 Å². The topological polar surface area (TPSA) is 141 Å². The Labute approximate surface area is 189 Å². The van der Waals surface area contributed by atoms with Crippen molar-refractivity contribution in [3.05, 3.63) is 47.8 Å². The average molecular weight is 452 g/mol. The summed E-state index contributed by atoms with van der Waals surface area (Å²) >= 11 is 0. The maximum atomic E-state index is 14.9. The monoisotopic (exact) mass is 452 g/mol. The Bertz CT molecular complexity index is 1240. The lowest BCUT2D eigenvalue weighted by atomic mass is 9.86. The Morgan fingerprint density at radius 1 is 1.39 bits per heavy atom. The number of rotatable bonds is 7. The Morgan fingerprint density at radius 3 is 2.73 bits per heavy atom. The van der Waals surface area contributed by atoms with Gasteiger partial charge in [0.05, 0.1) is 58.2 Å². The van der Waals surface area contributed by atoms with Gasteiger partial charge in [0.15, 0.2) is 0 Å². The zero-order valence-corrected chi connectivity index (χ0v) is 18.3. The number of alkyl halides is 1. The molecule has 4 N–H and O–H groups in total. The number of halogens is 1. The fourth-order valence-electron chi connectivity index (χ4n) is 3.92. The van der Waals surface area contributed by atoms with E-state index in [1.165, 1.54) is 26.2 Å². The SMILES string of the molecule is CC(C)(O)[C@H](F)CN(c1cc(-c2ccc3cc(C#N)cnn23)ncc1C(N)=O)C1CC(O)C1. The summed E-state index contributed by atoms with van der Waals surface area (Å²) in [6.45, 7) is 2.57. The molecule has 4 rings (SSSR count). The quantitative estimate of drug-likeness (QED) is 0.496. The molecule has 0 bridgehead atoms. The minimum Gasteiger partial charge on any atom is -0.393 e. The lowest BCUT2D eigenvalue weighted by molar-refractivity contribution is -0.00338. The van der Waals surface area contributed by atoms with Gasteiger partial charge >= 0.3 is 0 Å². The van der Waals surface area contributed by atoms with Gasteiger partial charge in [-0.3, -0.25) is 9.78 Å². The van der Waals surface area contributed by atoms with Gasteiger partial charge in [-0.15, -0.1) is 0 Å². The first kappa shape index (κ1) is 22.6. The maximum Gasteiger partial charge on any atom is 0.252 e. The van der Waals surface area contributed by atoms with Crippen LogP contribution in [0.4, 0.5) is 10.1 Å². The summed E-state index contributed by atoms with van der Waals surface area (Å²) in [5.74, 6) is -0.718. The number of primary amides is 1. The van der Waals surface area contributed by atoms with Gasteiger partial charge < -0.3 is 20.8 Å². The second kappa shape index (κ2) is 8.42. The normalized spacial score (nSPS) is 19.0. The minimum atomic E-state index is -1.62. The first-order valence-electron chi connectivity index (χ1n) is 10.6. The van der Waals surface area contributed by atoms with Crippen molar-refractivity contribution >= 4 is 17.1 Å². The second-order valence-electron chi connectivity index (χ2n) is 8.91. The van der Waals surface area contributed by atoms with Gasteiger partial charge in [-0.05, 0) is 51.0 Å². The Morgan fingerprint density at radius 2 is 2.12 bits per heavy atom. The van der Waals surface area contributed by atoms with Gasteiger partial charge in [0, 0.05) is 12.2 Å². The zero-order chi connectivity index (χ0) is 23.9. The number of aromatic nitrogens is 3. The van der Waals surface area contributed by atoms with E-state index in [0.717, 1.165) is 0 Å². The fourth-order valence-corrected chi connectivity index (χ4v) is 3.92. The van der Waals surface area contributed by atoms with Gasteiger partial charge in [0.25, 0.3) is 5.91 Å². The molecule has 1 saturated carbocycles. The number of nitriles is 1. The van der Waals surface area contributed by atoms with Crippen LogP contribution >= 0.6 is 0 Å². The lowest BCUT2D eigenvalue weighted by Gasteiger charge is -2.44. The van der Waals surface area contributed by atoms with Crippen molar-refractivity contribution in [2.45, 2.75) is 50.6 Å². The number of aliphatic hydroxyl groups excluding tert-OH is 1. The zero-order valence-electron chi connectivity index (χ0n) is 18.3. The largest absolute Gasteiger partial charge is 0.393 e. The van der Waals surface area contributed by atoms with Crippen molar-refractivity contribution in [3.63, 3.8) is 0 Å². The highest BCUT2D eigenvalue weighted by Crippen LogP contribution is 2.35. The van der Waals surface area contributed by atoms with Crippen molar-refractivity contribution < 1.29 is 19.4 Å². The van der Waals surface area contributed by atoms with Crippen LogP contribution in [-0.4, -0.2) is 61.2 Å². The van der Waals surface area contributed by atoms with E-state index < -0.39 is 23.8 Å². The van der Waals surface area contributed by atoms with Crippen LogP contribution in [0.3, 0.4) is 0 Å². The van der Waals surface area contributed by atoms with Crippen LogP contribution in [0, 0.1) is 11.3 Å². The van der Waals surface area contributed by atoms with E-state index in [1.807, 2.05) is 6.07 Å². The van der Waals surface area contributed by atoms with E-state index in [0.29, 0.717) is 41.0 Å². The van der Waals surface area contributed by atoms with Crippen molar-refractivity contribution in [3.8, 4) is 17.5 Å². The molecular formula is C23H25FN6O3. The number of fused-ring (bicyclic) bond motifs is 1. The predicted octanol–water partition coefficient (Wildman–Crippen LogP) is 1.81. The molecule has 1 fully saturated rings. The summed E-state index contributed by atoms with van der Waals surface area (Å²) in [7, 11) is 0. The Balaban J connectivity index is 1.81. The molecule has 0 saturated heterocycles. The van der Waals surface area contributed by atoms with Crippen molar-refractivity contribution in [1.82, 2.24) is 14.6 Å². The number of amides is 1. The number of aliphatic hydroxyl groups is 2. The van der Waals surface area contributed by atoms with E-state index in [1.54, 1.807) is 33.7 Å². The number of nitrogens with zero attached hydrogens (tertiary/aromatic N) is 5. The second-order valence-corrected chi connectivity index (χ2v) is 8.91. The first-order valence-corrected chi connectivity index (χ1v) is 10.6. The maximum absolute atomic E-state index is 14.9. The summed E-state index contributed by atoms with van der Waals surface area (Å²) < 4.78 is 16.5. The standard InChI is InChI=1S/C23H25FN6O3/c1-23(2,33)21(24)12-29(15-6-16(31)7-15)20-8-18(27-11-17(20)22(26)32)19-4-3-14-5-13(9-25)10-28-30(14)19/h3-5,8,10-11,15-16,21,31,33H,6-7,12H2,1-2H3,(H2,26,32)/t15?,16?,21-/m1/s1. The summed E-state index contributed by atoms with van der Waals surface area (Å²) in [5, 5.41) is 33.4. The molecule has 172 valence electrons. The molecule has 0 radical (unpaired) electrons. The van der Waals surface area contributed by atoms with Gasteiger partial charge in [-0.25, -0.2) is 8.91 Å². The lowest BCUT2D eigenvalue weighted by Crippen LogP contribution is -2.52. The van der Waals surface area contributed by atoms with Crippen molar-refractivity contribution in [2.75, 3.05) is 11.4 Å². The van der Waals surface area contributed by atoms with Gasteiger partial charge in [-0.1, -0.05) is 0 Å². The molecule has 0 unspecified atom stereocenters. The summed E-state index contributed by atoms with van der Waals surface area (Å²) in [6.07, 6.45) is 1.46. The third-order valence-electron chi connectivity index (χ3n) is 6.00. The number of nitrogens with two attached hydrogens (primary N) is 1. The highest BCUT2D eigenvalue weighted by molar-refractivity contribution is 5.99. The predicted molar refractivity (Wildman–Crippen MR) is 119 cm³/mol. The third-order valence-corrected chi connectivity index (χ3v) is 6.00. The Hall–Kier alpha value is -3.55. The summed E-state index contributed by atoms with van der Waals surface area (Å²) in [6, 6.07) is 8.72. The molecule has 1 atom stereocenters. The van der Waals surface area contributed by atoms with Crippen LogP contribution in [0.2, 0.25) is 0 Å². The number of carbonyl (C=O) groups excluding carboxylic acids is 1. The highest BCUT2D eigenvalue weighted by atomic mass is 19.1. The Kier molecular flexibility index (Phi) is 5.78. The minimum absolute atomic E-state index is 0.115. The molecule has 3 heterocycles. The average Bonchev–Trinajstić information content (AvgIpc) is 3.17. The van der Waals surface area contributed by atoms with Crippen LogP contribution < -0.4 is 10.6 Å². The van der Waals surface area contributed by atoms with Crippen molar-refractivity contribution in [1.29, 1.82) is 5.26 Å². The van der Waals surface area contributed by atoms with Gasteiger partial charge in [0.2, 0.25) is 0 Å². The van der Waals surface area contributed by atoms with E-state index in [-0.39, 0.29) is 18.2 Å². The summed E-state index contributed by atoms with van der Waals surface area (Å²) in [5.41, 5.74) is 6.68. The van der Waals surface area contributed by atoms with Crippen LogP contribution in [0.25, 0.3) is 16.9 Å². The van der Waals surface area contributed by atoms with E-state index in [9.17, 15) is 19.4 Å². The van der Waals surface area contributed by atoms with Crippen molar-refractivity contribution in [2.24, 2.45) is 5.73 Å². The van der Waals surface area contributed by atoms with E-state index in [4.69, 9.17) is 11.0 Å². The first-order chi connectivity index (χ1) is 15.6. The molecule has 1 aliphatic carbocycles. The number of anilines is 1. The molecule has 0 aromatic carbocycles. The number of hydrogen-bond acceptors (Lipinski definition) is 7. The molecule has 0 aliphatic heterocycles. The fraction of sp³-hybridized carbons (Fsp3) is 0.391. The van der Waals surface area contributed by atoms with Gasteiger partial charge in [-0.2, -0.15) is 10.4 Å². The molecule has 3 aromatic rings. The molecular weight excluding hydrogens is 427 g/mol. The molecule has 1 aliphatic rings. The van der Waals surface area contributed by atoms with Crippen LogP contribution in [-0.2, 0) is 0 Å². The number of pyridine rings is 1. The van der Waals surface area contributed by atoms with E-state index in [2.05, 4.69) is 10.1 Å². The molecule has 33 heavy (non-hydrogen) atoms. The number of hydrogen-bond donors (Lipinski definition) is 3. The smallest absolute Gasteiger partial charge is 0.252 e. The molecule has 3 aromatic heterocycles. The van der Waals surface area contributed by atoms with Crippen LogP contribution in [0.15, 0.2) is 36.7 Å². The van der Waals surface area contributed by atoms with Gasteiger partial charge in [0.1, 0.15) is 12.2 Å². The van der Waals surface area contributed by atoms with E-state index >= 15 is 0 Å². The third kappa shape index (κ3) is 4.37. The molecule has 9 nitrogen and oxygen atoms in total. The number of carbonyl (C=O) groups is 1. The molecule has 10 heteroatoms. The molecule has 0 spiro atoms. The highest BCUT2D eigenvalue weighted by Gasteiger charge is 2.38. The van der Waals surface area contributed by atoms with Crippen LogP contribution in [0.5, 0.6) is 0 Å².